The molecule has 2 aromatic rings. The highest BCUT2D eigenvalue weighted by molar-refractivity contribution is 6.39. The van der Waals surface area contributed by atoms with E-state index in [1.807, 2.05) is 25.6 Å². The molecule has 0 saturated heterocycles. The molecule has 1 N–H and O–H groups in total. The first-order chi connectivity index (χ1) is 8.90. The second-order valence-electron chi connectivity index (χ2n) is 4.37. The predicted molar refractivity (Wildman–Crippen MR) is 76.4 cm³/mol. The number of halogens is 3. The summed E-state index contributed by atoms with van der Waals surface area (Å²) < 4.78 is 14.9. The highest BCUT2D eigenvalue weighted by Crippen LogP contribution is 2.32. The first kappa shape index (κ1) is 14.2. The number of anilines is 1. The highest BCUT2D eigenvalue weighted by Gasteiger charge is 2.12. The number of hydrogen-bond acceptors (Lipinski definition) is 2. The summed E-state index contributed by atoms with van der Waals surface area (Å²) in [7, 11) is 1.89. The maximum absolute atomic E-state index is 13.1. The molecule has 1 aromatic carbocycles. The van der Waals surface area contributed by atoms with E-state index in [-0.39, 0.29) is 10.0 Å². The largest absolute Gasteiger partial charge is 0.378 e. The van der Waals surface area contributed by atoms with Crippen LogP contribution in [-0.2, 0) is 13.6 Å². The van der Waals surface area contributed by atoms with Crippen molar-refractivity contribution in [1.29, 1.82) is 0 Å². The molecule has 0 radical (unpaired) electrons. The molecule has 0 atom stereocenters. The van der Waals surface area contributed by atoms with Crippen molar-refractivity contribution < 1.29 is 4.39 Å². The van der Waals surface area contributed by atoms with E-state index in [9.17, 15) is 4.39 Å². The van der Waals surface area contributed by atoms with Crippen molar-refractivity contribution in [3.8, 4) is 0 Å². The van der Waals surface area contributed by atoms with Crippen molar-refractivity contribution >= 4 is 28.9 Å². The molecule has 0 saturated carbocycles. The molecule has 0 fully saturated rings. The summed E-state index contributed by atoms with van der Waals surface area (Å²) in [5, 5.41) is 8.00. The Hall–Kier alpha value is -1.26. The van der Waals surface area contributed by atoms with Gasteiger partial charge >= 0.3 is 0 Å². The van der Waals surface area contributed by atoms with Crippen LogP contribution in [0.25, 0.3) is 0 Å². The summed E-state index contributed by atoms with van der Waals surface area (Å²) in [6.45, 7) is 4.47. The molecule has 0 amide bonds. The fourth-order valence-electron chi connectivity index (χ4n) is 1.96. The van der Waals surface area contributed by atoms with E-state index in [4.69, 9.17) is 23.2 Å². The Bertz CT molecular complexity index is 600. The maximum Gasteiger partial charge on any atom is 0.126 e. The molecular formula is C13H14Cl2FN3. The topological polar surface area (TPSA) is 29.9 Å². The van der Waals surface area contributed by atoms with Crippen molar-refractivity contribution in [2.24, 2.45) is 7.05 Å². The molecule has 1 aromatic heterocycles. The van der Waals surface area contributed by atoms with Gasteiger partial charge in [0.05, 0.1) is 21.4 Å². The van der Waals surface area contributed by atoms with Crippen LogP contribution in [-0.4, -0.2) is 9.78 Å². The molecule has 0 bridgehead atoms. The van der Waals surface area contributed by atoms with Crippen LogP contribution in [0.15, 0.2) is 12.1 Å². The van der Waals surface area contributed by atoms with E-state index in [1.54, 1.807) is 0 Å². The van der Waals surface area contributed by atoms with Gasteiger partial charge in [0.1, 0.15) is 5.82 Å². The van der Waals surface area contributed by atoms with E-state index in [2.05, 4.69) is 10.4 Å². The summed E-state index contributed by atoms with van der Waals surface area (Å²) in [5.74, 6) is -0.450. The van der Waals surface area contributed by atoms with Crippen molar-refractivity contribution in [3.05, 3.63) is 44.9 Å². The van der Waals surface area contributed by atoms with Gasteiger partial charge in [-0.2, -0.15) is 5.10 Å². The zero-order valence-electron chi connectivity index (χ0n) is 10.9. The Morgan fingerprint density at radius 2 is 1.84 bits per heavy atom. The van der Waals surface area contributed by atoms with Gasteiger partial charge in [-0.15, -0.1) is 0 Å². The zero-order chi connectivity index (χ0) is 14.2. The average Bonchev–Trinajstić information content (AvgIpc) is 2.53. The molecule has 0 aliphatic carbocycles. The minimum Gasteiger partial charge on any atom is -0.378 e. The number of benzene rings is 1. The maximum atomic E-state index is 13.1. The molecule has 19 heavy (non-hydrogen) atoms. The lowest BCUT2D eigenvalue weighted by Crippen LogP contribution is -2.03. The minimum absolute atomic E-state index is 0.268. The Morgan fingerprint density at radius 1 is 1.26 bits per heavy atom. The second-order valence-corrected chi connectivity index (χ2v) is 5.19. The third kappa shape index (κ3) is 2.85. The summed E-state index contributed by atoms with van der Waals surface area (Å²) >= 11 is 12.0. The van der Waals surface area contributed by atoms with Gasteiger partial charge in [0, 0.05) is 24.8 Å². The first-order valence-corrected chi connectivity index (χ1v) is 6.53. The van der Waals surface area contributed by atoms with Crippen LogP contribution in [0, 0.1) is 19.7 Å². The monoisotopic (exact) mass is 301 g/mol. The fraction of sp³-hybridized carbons (Fsp3) is 0.308. The Morgan fingerprint density at radius 3 is 2.32 bits per heavy atom. The van der Waals surface area contributed by atoms with E-state index >= 15 is 0 Å². The van der Waals surface area contributed by atoms with Gasteiger partial charge in [-0.05, 0) is 26.0 Å². The molecular weight excluding hydrogens is 288 g/mol. The number of nitrogens with zero attached hydrogens (tertiary/aromatic N) is 2. The van der Waals surface area contributed by atoms with Gasteiger partial charge in [-0.3, -0.25) is 4.68 Å². The molecule has 6 heteroatoms. The van der Waals surface area contributed by atoms with Crippen LogP contribution in [0.1, 0.15) is 17.0 Å². The average molecular weight is 302 g/mol. The first-order valence-electron chi connectivity index (χ1n) is 5.77. The van der Waals surface area contributed by atoms with Crippen molar-refractivity contribution in [1.82, 2.24) is 9.78 Å². The number of nitrogens with one attached hydrogen (secondary N) is 1. The van der Waals surface area contributed by atoms with Crippen LogP contribution in [0.2, 0.25) is 10.0 Å². The summed E-state index contributed by atoms with van der Waals surface area (Å²) in [6.07, 6.45) is 0. The van der Waals surface area contributed by atoms with E-state index in [0.717, 1.165) is 17.0 Å². The highest BCUT2D eigenvalue weighted by atomic mass is 35.5. The van der Waals surface area contributed by atoms with Gasteiger partial charge in [0.15, 0.2) is 0 Å². The van der Waals surface area contributed by atoms with Crippen LogP contribution in [0.3, 0.4) is 0 Å². The van der Waals surface area contributed by atoms with E-state index in [1.165, 1.54) is 12.1 Å². The normalized spacial score (nSPS) is 10.8. The van der Waals surface area contributed by atoms with Crippen molar-refractivity contribution in [2.75, 3.05) is 5.32 Å². The fourth-order valence-corrected chi connectivity index (χ4v) is 2.56. The summed E-state index contributed by atoms with van der Waals surface area (Å²) in [5.41, 5.74) is 3.63. The third-order valence-electron chi connectivity index (χ3n) is 3.11. The van der Waals surface area contributed by atoms with Crippen LogP contribution in [0.5, 0.6) is 0 Å². The lowest BCUT2D eigenvalue weighted by molar-refractivity contribution is 0.628. The van der Waals surface area contributed by atoms with Crippen LogP contribution in [0.4, 0.5) is 10.1 Å². The molecule has 0 aliphatic rings. The Labute approximate surface area is 121 Å². The zero-order valence-corrected chi connectivity index (χ0v) is 12.4. The van der Waals surface area contributed by atoms with Crippen LogP contribution < -0.4 is 5.32 Å². The van der Waals surface area contributed by atoms with Gasteiger partial charge in [0.2, 0.25) is 0 Å². The molecule has 2 rings (SSSR count). The number of aromatic nitrogens is 2. The summed E-state index contributed by atoms with van der Waals surface area (Å²) in [6, 6.07) is 2.47. The molecule has 3 nitrogen and oxygen atoms in total. The van der Waals surface area contributed by atoms with E-state index in [0.29, 0.717) is 12.2 Å². The Balaban J connectivity index is 2.24. The predicted octanol–water partition coefficient (Wildman–Crippen LogP) is 4.09. The van der Waals surface area contributed by atoms with Crippen LogP contribution >= 0.6 is 23.2 Å². The molecule has 1 heterocycles. The third-order valence-corrected chi connectivity index (χ3v) is 3.70. The van der Waals surface area contributed by atoms with Gasteiger partial charge in [-0.25, -0.2) is 4.39 Å². The van der Waals surface area contributed by atoms with Gasteiger partial charge < -0.3 is 5.32 Å². The second kappa shape index (κ2) is 5.39. The standard InChI is InChI=1S/C13H14Cl2FN3/c1-7-10(8(2)19(3)18-7)6-17-13-11(14)4-9(16)5-12(13)15/h4-5,17H,6H2,1-3H3. The van der Waals surface area contributed by atoms with Crippen molar-refractivity contribution in [3.63, 3.8) is 0 Å². The number of hydrogen-bond donors (Lipinski definition) is 1. The summed E-state index contributed by atoms with van der Waals surface area (Å²) in [4.78, 5) is 0. The minimum atomic E-state index is -0.450. The Kier molecular flexibility index (Phi) is 4.02. The molecule has 102 valence electrons. The lowest BCUT2D eigenvalue weighted by atomic mass is 10.2. The lowest BCUT2D eigenvalue weighted by Gasteiger charge is -2.11. The van der Waals surface area contributed by atoms with E-state index < -0.39 is 5.82 Å². The van der Waals surface area contributed by atoms with Crippen molar-refractivity contribution in [2.45, 2.75) is 20.4 Å². The number of aryl methyl sites for hydroxylation is 2. The van der Waals surface area contributed by atoms with Gasteiger partial charge in [-0.1, -0.05) is 23.2 Å². The quantitative estimate of drug-likeness (QED) is 0.925. The smallest absolute Gasteiger partial charge is 0.126 e. The molecule has 0 unspecified atom stereocenters. The van der Waals surface area contributed by atoms with Gasteiger partial charge in [0.25, 0.3) is 0 Å². The number of rotatable bonds is 3. The SMILES string of the molecule is Cc1nn(C)c(C)c1CNc1c(Cl)cc(F)cc1Cl. The molecule has 0 aliphatic heterocycles. The molecule has 0 spiro atoms.